The largest absolute Gasteiger partial charge is 0.461 e. The first-order valence-corrected chi connectivity index (χ1v) is 8.31. The summed E-state index contributed by atoms with van der Waals surface area (Å²) in [7, 11) is 0. The van der Waals surface area contributed by atoms with Gasteiger partial charge in [0.25, 0.3) is 0 Å². The van der Waals surface area contributed by atoms with Gasteiger partial charge in [0.1, 0.15) is 11.2 Å². The maximum absolute atomic E-state index is 5.46. The molecule has 6 heteroatoms. The van der Waals surface area contributed by atoms with Gasteiger partial charge in [0.2, 0.25) is 5.82 Å². The van der Waals surface area contributed by atoms with Crippen LogP contribution in [0.3, 0.4) is 0 Å². The fourth-order valence-electron chi connectivity index (χ4n) is 3.32. The molecule has 0 radical (unpaired) electrons. The lowest BCUT2D eigenvalue weighted by atomic mass is 9.89. The Bertz CT molecular complexity index is 983. The molecule has 0 spiro atoms. The van der Waals surface area contributed by atoms with Crippen molar-refractivity contribution in [3.8, 4) is 11.6 Å². The van der Waals surface area contributed by atoms with Crippen molar-refractivity contribution >= 4 is 27.2 Å². The minimum Gasteiger partial charge on any atom is -0.461 e. The molecule has 4 aromatic heterocycles. The number of aryl methyl sites for hydroxylation is 1. The van der Waals surface area contributed by atoms with Crippen molar-refractivity contribution in [1.29, 1.82) is 0 Å². The fraction of sp³-hybridized carbons (Fsp3) is 0.312. The van der Waals surface area contributed by atoms with Crippen LogP contribution < -0.4 is 0 Å². The average Bonchev–Trinajstić information content (AvgIpc) is 3.23. The normalized spacial score (nSPS) is 18.1. The lowest BCUT2D eigenvalue weighted by molar-refractivity contribution is 0.508. The first kappa shape index (κ1) is 12.3. The van der Waals surface area contributed by atoms with E-state index < -0.39 is 0 Å². The highest BCUT2D eigenvalue weighted by molar-refractivity contribution is 7.19. The van der Waals surface area contributed by atoms with Crippen molar-refractivity contribution in [2.75, 3.05) is 0 Å². The van der Waals surface area contributed by atoms with E-state index in [1.807, 2.05) is 27.9 Å². The lowest BCUT2D eigenvalue weighted by Gasteiger charge is -2.17. The van der Waals surface area contributed by atoms with Gasteiger partial charge in [-0.05, 0) is 42.9 Å². The van der Waals surface area contributed by atoms with Crippen molar-refractivity contribution in [2.24, 2.45) is 5.92 Å². The van der Waals surface area contributed by atoms with Gasteiger partial charge < -0.3 is 4.42 Å². The van der Waals surface area contributed by atoms with Crippen LogP contribution >= 0.6 is 11.3 Å². The van der Waals surface area contributed by atoms with Crippen molar-refractivity contribution < 1.29 is 4.42 Å². The molecule has 5 rings (SSSR count). The average molecular weight is 310 g/mol. The number of thiophene rings is 1. The van der Waals surface area contributed by atoms with Crippen LogP contribution in [0.5, 0.6) is 0 Å². The SMILES string of the molecule is C[C@@H]1CCc2sc3ncn4c(-c5ccco5)nnc4c3c2C1. The molecule has 0 fully saturated rings. The van der Waals surface area contributed by atoms with E-state index in [1.54, 1.807) is 12.6 Å². The smallest absolute Gasteiger partial charge is 0.205 e. The van der Waals surface area contributed by atoms with Crippen LogP contribution in [0, 0.1) is 5.92 Å². The third-order valence-corrected chi connectivity index (χ3v) is 5.64. The third-order valence-electron chi connectivity index (χ3n) is 4.44. The minimum atomic E-state index is 0.707. The highest BCUT2D eigenvalue weighted by Crippen LogP contribution is 2.39. The molecule has 22 heavy (non-hydrogen) atoms. The first-order chi connectivity index (χ1) is 10.8. The van der Waals surface area contributed by atoms with E-state index in [9.17, 15) is 0 Å². The molecule has 4 heterocycles. The highest BCUT2D eigenvalue weighted by atomic mass is 32.1. The Labute approximate surface area is 130 Å². The van der Waals surface area contributed by atoms with Gasteiger partial charge in [-0.15, -0.1) is 21.5 Å². The first-order valence-electron chi connectivity index (χ1n) is 7.49. The summed E-state index contributed by atoms with van der Waals surface area (Å²) in [4.78, 5) is 7.18. The molecule has 0 bridgehead atoms. The highest BCUT2D eigenvalue weighted by Gasteiger charge is 2.24. The van der Waals surface area contributed by atoms with Crippen LogP contribution in [0.4, 0.5) is 0 Å². The summed E-state index contributed by atoms with van der Waals surface area (Å²) >= 11 is 1.81. The van der Waals surface area contributed by atoms with E-state index in [0.717, 1.165) is 29.2 Å². The summed E-state index contributed by atoms with van der Waals surface area (Å²) < 4.78 is 7.40. The van der Waals surface area contributed by atoms with Gasteiger partial charge in [0, 0.05) is 4.88 Å². The number of fused-ring (bicyclic) bond motifs is 5. The van der Waals surface area contributed by atoms with E-state index in [2.05, 4.69) is 22.1 Å². The standard InChI is InChI=1S/C16H14N4OS/c1-9-4-5-12-10(7-9)13-15-19-18-14(11-3-2-6-21-11)20(15)8-17-16(13)22-12/h2-3,6,8-9H,4-5,7H2,1H3/t9-/m1/s1. The fourth-order valence-corrected chi connectivity index (χ4v) is 4.50. The predicted octanol–water partition coefficient (Wildman–Crippen LogP) is 3.72. The molecule has 0 unspecified atom stereocenters. The Hall–Kier alpha value is -2.21. The van der Waals surface area contributed by atoms with Crippen LogP contribution in [-0.2, 0) is 12.8 Å². The number of aromatic nitrogens is 4. The van der Waals surface area contributed by atoms with Gasteiger partial charge in [-0.3, -0.25) is 4.40 Å². The Balaban J connectivity index is 1.84. The van der Waals surface area contributed by atoms with Crippen LogP contribution in [-0.4, -0.2) is 19.6 Å². The zero-order valence-corrected chi connectivity index (χ0v) is 12.9. The molecular weight excluding hydrogens is 296 g/mol. The topological polar surface area (TPSA) is 56.2 Å². The molecule has 0 amide bonds. The van der Waals surface area contributed by atoms with Crippen molar-refractivity contribution in [3.63, 3.8) is 0 Å². The van der Waals surface area contributed by atoms with Gasteiger partial charge in [-0.1, -0.05) is 6.92 Å². The third kappa shape index (κ3) is 1.61. The maximum atomic E-state index is 5.46. The zero-order chi connectivity index (χ0) is 14.7. The number of hydrogen-bond acceptors (Lipinski definition) is 5. The maximum Gasteiger partial charge on any atom is 0.205 e. The lowest BCUT2D eigenvalue weighted by Crippen LogP contribution is -2.09. The molecule has 0 aromatic carbocycles. The summed E-state index contributed by atoms with van der Waals surface area (Å²) in [5.41, 5.74) is 2.32. The second-order valence-corrected chi connectivity index (χ2v) is 7.05. The van der Waals surface area contributed by atoms with Gasteiger partial charge in [-0.2, -0.15) is 0 Å². The predicted molar refractivity (Wildman–Crippen MR) is 85.1 cm³/mol. The minimum absolute atomic E-state index is 0.707. The Kier molecular flexibility index (Phi) is 2.47. The molecule has 5 nitrogen and oxygen atoms in total. The zero-order valence-electron chi connectivity index (χ0n) is 12.1. The van der Waals surface area contributed by atoms with Gasteiger partial charge in [0.05, 0.1) is 11.6 Å². The molecule has 0 aliphatic heterocycles. The van der Waals surface area contributed by atoms with Crippen LogP contribution in [0.2, 0.25) is 0 Å². The van der Waals surface area contributed by atoms with Gasteiger partial charge in [-0.25, -0.2) is 4.98 Å². The van der Waals surface area contributed by atoms with E-state index in [-0.39, 0.29) is 0 Å². The molecular formula is C16H14N4OS. The summed E-state index contributed by atoms with van der Waals surface area (Å²) in [5.74, 6) is 2.14. The quantitative estimate of drug-likeness (QED) is 0.537. The molecule has 4 aromatic rings. The van der Waals surface area contributed by atoms with Crippen LogP contribution in [0.25, 0.3) is 27.4 Å². The van der Waals surface area contributed by atoms with Crippen LogP contribution in [0.1, 0.15) is 23.8 Å². The van der Waals surface area contributed by atoms with Gasteiger partial charge >= 0.3 is 0 Å². The number of furan rings is 1. The summed E-state index contributed by atoms with van der Waals surface area (Å²) in [6, 6.07) is 3.75. The van der Waals surface area contributed by atoms with Gasteiger partial charge in [0.15, 0.2) is 11.4 Å². The Morgan fingerprint density at radius 2 is 2.32 bits per heavy atom. The molecule has 1 aliphatic rings. The van der Waals surface area contributed by atoms with Crippen molar-refractivity contribution in [3.05, 3.63) is 35.2 Å². The number of hydrogen-bond donors (Lipinski definition) is 0. The molecule has 0 N–H and O–H groups in total. The summed E-state index contributed by atoms with van der Waals surface area (Å²) in [6.45, 7) is 2.32. The van der Waals surface area contributed by atoms with Crippen molar-refractivity contribution in [1.82, 2.24) is 19.6 Å². The van der Waals surface area contributed by atoms with E-state index >= 15 is 0 Å². The molecule has 1 aliphatic carbocycles. The Morgan fingerprint density at radius 1 is 1.36 bits per heavy atom. The second kappa shape index (κ2) is 4.39. The van der Waals surface area contributed by atoms with E-state index in [4.69, 9.17) is 4.42 Å². The van der Waals surface area contributed by atoms with Crippen LogP contribution in [0.15, 0.2) is 29.1 Å². The van der Waals surface area contributed by atoms with Crippen molar-refractivity contribution in [2.45, 2.75) is 26.2 Å². The summed E-state index contributed by atoms with van der Waals surface area (Å²) in [5, 5.41) is 9.93. The number of nitrogens with zero attached hydrogens (tertiary/aromatic N) is 4. The molecule has 0 saturated carbocycles. The molecule has 1 atom stereocenters. The van der Waals surface area contributed by atoms with E-state index in [0.29, 0.717) is 11.6 Å². The molecule has 0 saturated heterocycles. The second-order valence-electron chi connectivity index (χ2n) is 5.97. The van der Waals surface area contributed by atoms with E-state index in [1.165, 1.54) is 22.2 Å². The Morgan fingerprint density at radius 3 is 3.18 bits per heavy atom. The molecule has 110 valence electrons. The summed E-state index contributed by atoms with van der Waals surface area (Å²) in [6.07, 6.45) is 6.99. The monoisotopic (exact) mass is 310 g/mol. The number of rotatable bonds is 1.